The molecule has 0 aromatic rings. The maximum atomic E-state index is 3.18. The van der Waals surface area contributed by atoms with Crippen LogP contribution in [0.25, 0.3) is 0 Å². The maximum absolute atomic E-state index is 3.18. The molecule has 0 amide bonds. The van der Waals surface area contributed by atoms with Crippen LogP contribution in [0.15, 0.2) is 59.8 Å². The molecule has 0 heterocycles. The zero-order valence-corrected chi connectivity index (χ0v) is 13.0. The summed E-state index contributed by atoms with van der Waals surface area (Å²) in [6.45, 7) is 4.03. The summed E-state index contributed by atoms with van der Waals surface area (Å²) >= 11 is 0. The Balaban J connectivity index is 0.000000284. The molecule has 2 rings (SSSR count). The minimum absolute atomic E-state index is 0. The molecule has 0 bridgehead atoms. The van der Waals surface area contributed by atoms with Crippen molar-refractivity contribution in [2.75, 3.05) is 0 Å². The van der Waals surface area contributed by atoms with E-state index in [-0.39, 0.29) is 26.2 Å². The number of hydrogen-bond acceptors (Lipinski definition) is 0. The van der Waals surface area contributed by atoms with E-state index >= 15 is 0 Å². The van der Waals surface area contributed by atoms with Gasteiger partial charge in [0.2, 0.25) is 0 Å². The molecular formula is C16H18Zr. The second-order valence-corrected chi connectivity index (χ2v) is 3.48. The summed E-state index contributed by atoms with van der Waals surface area (Å²) in [7, 11) is 0. The average molecular weight is 302 g/mol. The normalized spacial score (nSPS) is 16.8. The Hall–Kier alpha value is -0.677. The van der Waals surface area contributed by atoms with E-state index < -0.39 is 0 Å². The molecule has 1 heteroatoms. The molecule has 86 valence electrons. The van der Waals surface area contributed by atoms with Crippen LogP contribution >= 0.6 is 0 Å². The van der Waals surface area contributed by atoms with Crippen molar-refractivity contribution in [2.45, 2.75) is 26.7 Å². The van der Waals surface area contributed by atoms with Gasteiger partial charge >= 0.3 is 26.2 Å². The molecular weight excluding hydrogens is 283 g/mol. The van der Waals surface area contributed by atoms with Gasteiger partial charge in [0.1, 0.15) is 0 Å². The fourth-order valence-electron chi connectivity index (χ4n) is 1.43. The topological polar surface area (TPSA) is 0 Å². The number of hydrogen-bond donors (Lipinski definition) is 0. The van der Waals surface area contributed by atoms with E-state index in [9.17, 15) is 0 Å². The van der Waals surface area contributed by atoms with Crippen LogP contribution in [0.4, 0.5) is 0 Å². The van der Waals surface area contributed by atoms with Crippen molar-refractivity contribution >= 4 is 0 Å². The summed E-state index contributed by atoms with van der Waals surface area (Å²) in [5, 5.41) is 0. The summed E-state index contributed by atoms with van der Waals surface area (Å²) < 4.78 is 0. The van der Waals surface area contributed by atoms with Crippen molar-refractivity contribution in [3.05, 3.63) is 71.9 Å². The Morgan fingerprint density at radius 3 is 1.53 bits per heavy atom. The first kappa shape index (κ1) is 16.3. The smallest absolute Gasteiger partial charge is 0.198 e. The summed E-state index contributed by atoms with van der Waals surface area (Å²) in [4.78, 5) is 0. The predicted octanol–water partition coefficient (Wildman–Crippen LogP) is 4.50. The van der Waals surface area contributed by atoms with Crippen molar-refractivity contribution in [3.8, 4) is 0 Å². The number of allylic oxidation sites excluding steroid dienone is 12. The molecule has 0 unspecified atom stereocenters. The fraction of sp³-hybridized carbons (Fsp3) is 0.250. The molecule has 17 heavy (non-hydrogen) atoms. The van der Waals surface area contributed by atoms with Crippen LogP contribution in [0.3, 0.4) is 0 Å². The zero-order chi connectivity index (χ0) is 11.6. The monoisotopic (exact) mass is 300 g/mol. The quantitative estimate of drug-likeness (QED) is 0.659. The molecule has 2 aliphatic carbocycles. The summed E-state index contributed by atoms with van der Waals surface area (Å²) in [5.74, 6) is 0. The van der Waals surface area contributed by atoms with Crippen molar-refractivity contribution < 1.29 is 26.2 Å². The Labute approximate surface area is 124 Å². The van der Waals surface area contributed by atoms with E-state index in [1.54, 1.807) is 0 Å². The van der Waals surface area contributed by atoms with Crippen LogP contribution in [0.5, 0.6) is 0 Å². The first-order valence-corrected chi connectivity index (χ1v) is 5.67. The van der Waals surface area contributed by atoms with Crippen molar-refractivity contribution in [2.24, 2.45) is 0 Å². The van der Waals surface area contributed by atoms with Crippen molar-refractivity contribution in [3.63, 3.8) is 0 Å². The molecule has 0 aliphatic heterocycles. The zero-order valence-electron chi connectivity index (χ0n) is 10.5. The minimum Gasteiger partial charge on any atom is -0.198 e. The van der Waals surface area contributed by atoms with Gasteiger partial charge in [-0.05, 0) is 0 Å². The largest absolute Gasteiger partial charge is 2.00 e. The Morgan fingerprint density at radius 2 is 1.29 bits per heavy atom. The standard InChI is InChI=1S/2C8H9.Zr/c2*1-2-5-8-6-3-4-7-8;/h2*2-3,5-6H,4H2,1H3;/q2*-1;+2/b2*5-2-;. The minimum atomic E-state index is 0. The first-order chi connectivity index (χ1) is 7.86. The third-order valence-corrected chi connectivity index (χ3v) is 2.14. The van der Waals surface area contributed by atoms with Crippen LogP contribution in [0.2, 0.25) is 0 Å². The van der Waals surface area contributed by atoms with Gasteiger partial charge in [-0.1, -0.05) is 26.7 Å². The van der Waals surface area contributed by atoms with Gasteiger partial charge in [0.05, 0.1) is 0 Å². The molecule has 2 aliphatic rings. The molecule has 0 aromatic carbocycles. The Morgan fingerprint density at radius 1 is 0.882 bits per heavy atom. The average Bonchev–Trinajstić information content (AvgIpc) is 2.92. The van der Waals surface area contributed by atoms with Gasteiger partial charge in [0.15, 0.2) is 0 Å². The van der Waals surface area contributed by atoms with E-state index in [4.69, 9.17) is 0 Å². The number of rotatable bonds is 2. The SMILES string of the molecule is C/C=C\C1=[C-]CC=C1.C/C=C\C1=[C-]CC=C1.[Zr+2]. The van der Waals surface area contributed by atoms with Gasteiger partial charge in [-0.25, -0.2) is 0 Å². The van der Waals surface area contributed by atoms with Crippen molar-refractivity contribution in [1.29, 1.82) is 0 Å². The molecule has 0 atom stereocenters. The van der Waals surface area contributed by atoms with Gasteiger partial charge in [-0.2, -0.15) is 47.6 Å². The van der Waals surface area contributed by atoms with Crippen LogP contribution in [-0.2, 0) is 26.2 Å². The molecule has 0 saturated carbocycles. The van der Waals surface area contributed by atoms with Gasteiger partial charge in [0, 0.05) is 0 Å². The van der Waals surface area contributed by atoms with Crippen LogP contribution in [0, 0.1) is 12.2 Å². The Kier molecular flexibility index (Phi) is 10.1. The van der Waals surface area contributed by atoms with E-state index in [0.29, 0.717) is 0 Å². The Bertz CT molecular complexity index is 338. The molecule has 0 saturated heterocycles. The third-order valence-electron chi connectivity index (χ3n) is 2.14. The second-order valence-electron chi connectivity index (χ2n) is 3.48. The molecule has 0 radical (unpaired) electrons. The first-order valence-electron chi connectivity index (χ1n) is 5.67. The van der Waals surface area contributed by atoms with E-state index in [0.717, 1.165) is 12.8 Å². The van der Waals surface area contributed by atoms with Crippen LogP contribution in [-0.4, -0.2) is 0 Å². The van der Waals surface area contributed by atoms with Crippen LogP contribution in [0.1, 0.15) is 26.7 Å². The predicted molar refractivity (Wildman–Crippen MR) is 70.7 cm³/mol. The fourth-order valence-corrected chi connectivity index (χ4v) is 1.43. The molecule has 0 fully saturated rings. The van der Waals surface area contributed by atoms with Gasteiger partial charge < -0.3 is 0 Å². The van der Waals surface area contributed by atoms with Gasteiger partial charge in [-0.15, -0.1) is 24.3 Å². The molecule has 0 spiro atoms. The molecule has 0 nitrogen and oxygen atoms in total. The van der Waals surface area contributed by atoms with E-state index in [1.165, 1.54) is 11.1 Å². The van der Waals surface area contributed by atoms with Gasteiger partial charge in [-0.3, -0.25) is 0 Å². The molecule has 0 N–H and O–H groups in total. The maximum Gasteiger partial charge on any atom is 2.00 e. The van der Waals surface area contributed by atoms with E-state index in [1.807, 2.05) is 26.0 Å². The molecule has 0 aromatic heterocycles. The van der Waals surface area contributed by atoms with Crippen LogP contribution < -0.4 is 0 Å². The second kappa shape index (κ2) is 10.5. The third kappa shape index (κ3) is 7.28. The van der Waals surface area contributed by atoms with E-state index in [2.05, 4.69) is 48.6 Å². The van der Waals surface area contributed by atoms with Gasteiger partial charge in [0.25, 0.3) is 0 Å². The summed E-state index contributed by atoms with van der Waals surface area (Å²) in [6, 6.07) is 0. The van der Waals surface area contributed by atoms with Crippen molar-refractivity contribution in [1.82, 2.24) is 0 Å². The summed E-state index contributed by atoms with van der Waals surface area (Å²) in [5.41, 5.74) is 2.43. The summed E-state index contributed by atoms with van der Waals surface area (Å²) in [6.07, 6.45) is 24.9.